The Labute approximate surface area is 703 Å². The van der Waals surface area contributed by atoms with Gasteiger partial charge in [0, 0.05) is 22.3 Å². The number of para-hydroxylation sites is 2. The average Bonchev–Trinajstić information content (AvgIpc) is 0.928. The van der Waals surface area contributed by atoms with Gasteiger partial charge in [-0.15, -0.1) is 0 Å². The van der Waals surface area contributed by atoms with Crippen LogP contribution in [-0.4, -0.2) is 29.2 Å². The van der Waals surface area contributed by atoms with Crippen molar-refractivity contribution in [1.82, 2.24) is 4.98 Å². The van der Waals surface area contributed by atoms with Gasteiger partial charge >= 0.3 is 311 Å². The van der Waals surface area contributed by atoms with Crippen LogP contribution in [0.15, 0.2) is 274 Å². The number of aryl methyl sites for hydroxylation is 2. The standard InChI is InChI=1S/2C18H14O.2C12H17N.2C10H12.2C6HF5O.C6H8N.CH4.2Mo/c2*19-18-16(14-8-3-1-4-9-14)12-7-13-17(18)15-10-5-2-6-11-15;2*1-8(2)10-6-5-7-11(9(3)4)12(10)13;2*1-10(2,3)9-7-5-4-6-8-9;2*7-1-2(8)4(10)6(12)5(11)3(1)9;1-5-3-4-6(2)7-5;;;/h2*1-13,19H;2*5-9H,1-4H3;2*1,4-8H,2-3H3;2*12H;3-4H,1-2H3;1H4;;/q;;;;;;;;-1;;;. The summed E-state index contributed by atoms with van der Waals surface area (Å²) < 4.78 is 136. The molecule has 4 N–H and O–H groups in total. The monoisotopic (exact) mass is 1780 g/mol. The number of aromatic hydroxyl groups is 4. The molecule has 1 aromatic heterocycles. The molecule has 12 aromatic carbocycles. The number of phenols is 4. The fourth-order valence-corrected chi connectivity index (χ4v) is 15.6. The minimum absolute atomic E-state index is 0. The van der Waals surface area contributed by atoms with E-state index in [1.165, 1.54) is 44.8 Å². The van der Waals surface area contributed by atoms with E-state index in [0.29, 0.717) is 35.2 Å². The minimum Gasteiger partial charge on any atom is -0.665 e. The van der Waals surface area contributed by atoms with Crippen LogP contribution in [0.25, 0.3) is 44.5 Å². The van der Waals surface area contributed by atoms with Gasteiger partial charge in [-0.25, -0.2) is 26.3 Å². The smallest absolute Gasteiger partial charge is 0.206 e. The minimum atomic E-state index is -2.29. The number of hydrogen-bond acceptors (Lipinski definition) is 6. The third kappa shape index (κ3) is 26.3. The summed E-state index contributed by atoms with van der Waals surface area (Å²) in [5, 5.41) is 37.6. The number of aromatic nitrogens is 1. The van der Waals surface area contributed by atoms with Gasteiger partial charge in [0.05, 0.1) is 0 Å². The molecule has 0 aliphatic carbocycles. The van der Waals surface area contributed by atoms with Crippen molar-refractivity contribution in [3.8, 4) is 67.5 Å². The van der Waals surface area contributed by atoms with E-state index in [4.69, 9.17) is 17.2 Å². The van der Waals surface area contributed by atoms with Gasteiger partial charge in [0.25, 0.3) is 0 Å². The SMILES string of the molecule is C.CC(C)c1cccc(C(C)C)c1[N]=[Mo]=[CH]C(C)(C)c1ccccc1.CC(C)c1cccc(C(C)C)c1[N]=[Mo]=[CH]C(C)(C)c1ccccc1.Cc1ccc(C)[n-]1.Oc1c(-c2ccccc2)cccc1-c1ccccc1.Oc1c(-c2ccccc2)cccc1-c1ccccc1.Oc1c(F)c(F)c(F)c(F)c1F.Oc1c(F)c(F)c(F)c(F)c1F. The van der Waals surface area contributed by atoms with Gasteiger partial charge in [0.1, 0.15) is 11.5 Å². The summed E-state index contributed by atoms with van der Waals surface area (Å²) in [6.45, 7) is 31.2. The first-order chi connectivity index (χ1) is 55.6. The molecule has 118 heavy (non-hydrogen) atoms. The van der Waals surface area contributed by atoms with Crippen molar-refractivity contribution >= 4 is 20.2 Å². The molecule has 0 fully saturated rings. The maximum atomic E-state index is 12.2. The van der Waals surface area contributed by atoms with E-state index in [1.807, 2.05) is 184 Å². The summed E-state index contributed by atoms with van der Waals surface area (Å²) in [5.74, 6) is -23.2. The van der Waals surface area contributed by atoms with Crippen molar-refractivity contribution in [3.05, 3.63) is 370 Å². The zero-order valence-corrected chi connectivity index (χ0v) is 71.6. The molecule has 1 heterocycles. The molecular formula is C99H100F10Mo2N3O4-. The van der Waals surface area contributed by atoms with Crippen LogP contribution in [0.4, 0.5) is 55.3 Å². The molecule has 0 spiro atoms. The zero-order valence-electron chi connectivity index (χ0n) is 67.6. The summed E-state index contributed by atoms with van der Waals surface area (Å²) in [6, 6.07) is 90.3. The quantitative estimate of drug-likeness (QED) is 0.0374. The molecular weight excluding hydrogens is 1680 g/mol. The normalized spacial score (nSPS) is 10.7. The fourth-order valence-electron chi connectivity index (χ4n) is 11.8. The van der Waals surface area contributed by atoms with E-state index < -0.39 is 106 Å². The van der Waals surface area contributed by atoms with Crippen LogP contribution in [0.2, 0.25) is 0 Å². The summed E-state index contributed by atoms with van der Waals surface area (Å²) in [6.07, 6.45) is 0. The van der Waals surface area contributed by atoms with E-state index in [0.717, 1.165) is 55.9 Å². The first kappa shape index (κ1) is 96.0. The molecule has 0 bridgehead atoms. The topological polar surface area (TPSA) is 120 Å². The van der Waals surface area contributed by atoms with Gasteiger partial charge < -0.3 is 25.4 Å². The van der Waals surface area contributed by atoms with E-state index in [1.54, 1.807) is 0 Å². The van der Waals surface area contributed by atoms with Gasteiger partial charge in [-0.1, -0.05) is 191 Å². The second kappa shape index (κ2) is 45.8. The molecule has 7 nitrogen and oxygen atoms in total. The fraction of sp³-hybridized carbons (Fsp3) is 0.212. The predicted octanol–water partition coefficient (Wildman–Crippen LogP) is 28.7. The van der Waals surface area contributed by atoms with Crippen LogP contribution in [-0.2, 0) is 46.7 Å². The van der Waals surface area contributed by atoms with Crippen LogP contribution >= 0.6 is 0 Å². The van der Waals surface area contributed by atoms with Gasteiger partial charge in [-0.2, -0.15) is 28.9 Å². The van der Waals surface area contributed by atoms with Crippen molar-refractivity contribution in [2.45, 2.75) is 139 Å². The van der Waals surface area contributed by atoms with Gasteiger partial charge in [-0.3, -0.25) is 0 Å². The van der Waals surface area contributed by atoms with Crippen molar-refractivity contribution < 1.29 is 100 Å². The Hall–Kier alpha value is -10.9. The maximum absolute atomic E-state index is 12.2. The van der Waals surface area contributed by atoms with Crippen molar-refractivity contribution in [1.29, 1.82) is 0 Å². The maximum Gasteiger partial charge on any atom is 0.206 e. The van der Waals surface area contributed by atoms with Gasteiger partial charge in [0.2, 0.25) is 58.2 Å². The molecule has 0 aliphatic heterocycles. The van der Waals surface area contributed by atoms with Crippen molar-refractivity contribution in [3.63, 3.8) is 0 Å². The number of benzene rings is 12. The third-order valence-corrected chi connectivity index (χ3v) is 23.2. The molecule has 13 aromatic rings. The van der Waals surface area contributed by atoms with Gasteiger partial charge in [0.15, 0.2) is 11.5 Å². The Morgan fingerprint density at radius 2 is 0.483 bits per heavy atom. The predicted molar refractivity (Wildman–Crippen MR) is 454 cm³/mol. The number of nitrogens with zero attached hydrogens (tertiary/aromatic N) is 3. The first-order valence-corrected chi connectivity index (χ1v) is 41.8. The second-order valence-electron chi connectivity index (χ2n) is 29.4. The Kier molecular flexibility index (Phi) is 37.2. The Morgan fingerprint density at radius 1 is 0.280 bits per heavy atom. The Bertz CT molecular complexity index is 4810. The van der Waals surface area contributed by atoms with E-state index in [2.05, 4.69) is 194 Å². The summed E-state index contributed by atoms with van der Waals surface area (Å²) in [5.41, 5.74) is 20.7. The van der Waals surface area contributed by atoms with Crippen LogP contribution in [0.5, 0.6) is 23.0 Å². The average molecular weight is 1780 g/mol. The van der Waals surface area contributed by atoms with E-state index in [-0.39, 0.29) is 18.3 Å². The second-order valence-corrected chi connectivity index (χ2v) is 32.5. The largest absolute Gasteiger partial charge is 0.665 e. The zero-order chi connectivity index (χ0) is 85.8. The molecule has 0 amide bonds. The number of halogens is 10. The molecule has 0 atom stereocenters. The molecule has 0 saturated carbocycles. The molecule has 0 unspecified atom stereocenters. The summed E-state index contributed by atoms with van der Waals surface area (Å²) >= 11 is -1.11. The van der Waals surface area contributed by atoms with Gasteiger partial charge in [-0.05, 0) is 22.3 Å². The molecule has 0 saturated heterocycles. The van der Waals surface area contributed by atoms with E-state index in [9.17, 15) is 54.1 Å². The molecule has 0 aliphatic rings. The number of hydrogen-bond donors (Lipinski definition) is 4. The Balaban J connectivity index is 0.000000219. The Morgan fingerprint density at radius 3 is 0.686 bits per heavy atom. The van der Waals surface area contributed by atoms with Crippen LogP contribution < -0.4 is 4.98 Å². The molecule has 13 rings (SSSR count). The van der Waals surface area contributed by atoms with Crippen molar-refractivity contribution in [2.24, 2.45) is 6.99 Å². The summed E-state index contributed by atoms with van der Waals surface area (Å²) in [4.78, 5) is 4.11. The number of rotatable bonds is 14. The molecule has 19 heteroatoms. The van der Waals surface area contributed by atoms with Crippen molar-refractivity contribution in [2.75, 3.05) is 0 Å². The third-order valence-electron chi connectivity index (χ3n) is 18.4. The first-order valence-electron chi connectivity index (χ1n) is 37.7. The van der Waals surface area contributed by atoms with E-state index >= 15 is 0 Å². The van der Waals surface area contributed by atoms with Crippen LogP contribution in [0, 0.1) is 72.0 Å². The molecule has 618 valence electrons. The van der Waals surface area contributed by atoms with Crippen LogP contribution in [0.3, 0.4) is 0 Å². The van der Waals surface area contributed by atoms with Crippen LogP contribution in [0.1, 0.15) is 159 Å². The molecule has 0 radical (unpaired) electrons. The number of phenolic OH excluding ortho intramolecular Hbond substituents is 4. The summed E-state index contributed by atoms with van der Waals surface area (Å²) in [7, 11) is 0.